The third-order valence-corrected chi connectivity index (χ3v) is 3.12. The molecule has 0 aliphatic carbocycles. The number of rotatable bonds is 4. The fraction of sp³-hybridized carbons (Fsp3) is 0.286. The number of hydrogen-bond donors (Lipinski definition) is 2. The molecule has 0 spiro atoms. The number of fused-ring (bicyclic) bond motifs is 1. The summed E-state index contributed by atoms with van der Waals surface area (Å²) in [7, 11) is 1.23. The molecule has 2 aromatic rings. The largest absolute Gasteiger partial charge is 0.471 e. The Labute approximate surface area is 123 Å². The number of carbonyl (C=O) groups excluding carboxylic acids is 2. The van der Waals surface area contributed by atoms with Gasteiger partial charge in [-0.2, -0.15) is 13.2 Å². The fourth-order valence-electron chi connectivity index (χ4n) is 2.08. The lowest BCUT2D eigenvalue weighted by molar-refractivity contribution is -0.167. The van der Waals surface area contributed by atoms with Gasteiger partial charge in [-0.25, -0.2) is 0 Å². The molecule has 1 aromatic heterocycles. The van der Waals surface area contributed by atoms with Crippen LogP contribution >= 0.6 is 0 Å². The summed E-state index contributed by atoms with van der Waals surface area (Å²) < 4.78 is 41.7. The summed E-state index contributed by atoms with van der Waals surface area (Å²) in [6.07, 6.45) is -4.85. The molecule has 0 radical (unpaired) electrons. The second kappa shape index (κ2) is 6.08. The van der Waals surface area contributed by atoms with Crippen molar-refractivity contribution in [2.75, 3.05) is 12.4 Å². The van der Waals surface area contributed by atoms with Crippen molar-refractivity contribution < 1.29 is 27.5 Å². The van der Waals surface area contributed by atoms with Crippen LogP contribution in [-0.4, -0.2) is 30.1 Å². The number of benzene rings is 1. The SMILES string of the molecule is COC(=O)CCc1c(NC(=O)C(F)(F)F)[nH]c2ccccc12. The Bertz CT molecular complexity index is 707. The van der Waals surface area contributed by atoms with Gasteiger partial charge in [0.15, 0.2) is 0 Å². The molecular formula is C14H13F3N2O3. The van der Waals surface area contributed by atoms with Crippen molar-refractivity contribution in [2.45, 2.75) is 19.0 Å². The Hall–Kier alpha value is -2.51. The Morgan fingerprint density at radius 1 is 1.27 bits per heavy atom. The number of amides is 1. The number of methoxy groups -OCH3 is 1. The maximum absolute atomic E-state index is 12.4. The molecule has 0 saturated heterocycles. The summed E-state index contributed by atoms with van der Waals surface area (Å²) in [5, 5.41) is 2.45. The van der Waals surface area contributed by atoms with Gasteiger partial charge in [0, 0.05) is 22.9 Å². The summed E-state index contributed by atoms with van der Waals surface area (Å²) >= 11 is 0. The molecule has 8 heteroatoms. The van der Waals surface area contributed by atoms with E-state index in [4.69, 9.17) is 0 Å². The Kier molecular flexibility index (Phi) is 4.39. The van der Waals surface area contributed by atoms with Gasteiger partial charge in [-0.05, 0) is 12.5 Å². The Morgan fingerprint density at radius 2 is 1.95 bits per heavy atom. The molecule has 1 amide bonds. The molecule has 118 valence electrons. The van der Waals surface area contributed by atoms with Crippen molar-refractivity contribution in [3.63, 3.8) is 0 Å². The van der Waals surface area contributed by atoms with Gasteiger partial charge in [-0.3, -0.25) is 9.59 Å². The van der Waals surface area contributed by atoms with Crippen molar-refractivity contribution in [3.05, 3.63) is 29.8 Å². The lowest BCUT2D eigenvalue weighted by Gasteiger charge is -2.08. The standard InChI is InChI=1S/C14H13F3N2O3/c1-22-11(20)7-6-9-8-4-2-3-5-10(8)18-12(9)19-13(21)14(15,16)17/h2-5,18H,6-7H2,1H3,(H,19,21). The number of H-pyrrole nitrogens is 1. The van der Waals surface area contributed by atoms with E-state index in [1.165, 1.54) is 7.11 Å². The molecular weight excluding hydrogens is 301 g/mol. The van der Waals surface area contributed by atoms with Gasteiger partial charge < -0.3 is 15.0 Å². The van der Waals surface area contributed by atoms with E-state index in [2.05, 4.69) is 9.72 Å². The van der Waals surface area contributed by atoms with Crippen LogP contribution in [0.3, 0.4) is 0 Å². The van der Waals surface area contributed by atoms with E-state index in [1.807, 2.05) is 5.32 Å². The number of nitrogens with one attached hydrogen (secondary N) is 2. The quantitative estimate of drug-likeness (QED) is 0.853. The van der Waals surface area contributed by atoms with Crippen LogP contribution in [0.5, 0.6) is 0 Å². The van der Waals surface area contributed by atoms with Crippen molar-refractivity contribution in [2.24, 2.45) is 0 Å². The molecule has 2 rings (SSSR count). The number of anilines is 1. The van der Waals surface area contributed by atoms with Gasteiger partial charge in [0.2, 0.25) is 0 Å². The smallest absolute Gasteiger partial charge is 0.469 e. The highest BCUT2D eigenvalue weighted by molar-refractivity contribution is 5.99. The zero-order valence-corrected chi connectivity index (χ0v) is 11.6. The molecule has 2 N–H and O–H groups in total. The third-order valence-electron chi connectivity index (χ3n) is 3.12. The van der Waals surface area contributed by atoms with Crippen LogP contribution in [0.1, 0.15) is 12.0 Å². The zero-order chi connectivity index (χ0) is 16.3. The minimum atomic E-state index is -4.99. The molecule has 0 aliphatic rings. The highest BCUT2D eigenvalue weighted by Crippen LogP contribution is 2.29. The van der Waals surface area contributed by atoms with Crippen LogP contribution in [0.25, 0.3) is 10.9 Å². The normalized spacial score (nSPS) is 11.5. The van der Waals surface area contributed by atoms with E-state index in [-0.39, 0.29) is 18.7 Å². The Morgan fingerprint density at radius 3 is 2.59 bits per heavy atom. The predicted molar refractivity (Wildman–Crippen MR) is 73.3 cm³/mol. The molecule has 0 unspecified atom stereocenters. The number of alkyl halides is 3. The van der Waals surface area contributed by atoms with Crippen molar-refractivity contribution in [1.82, 2.24) is 4.98 Å². The van der Waals surface area contributed by atoms with Crippen molar-refractivity contribution in [1.29, 1.82) is 0 Å². The monoisotopic (exact) mass is 314 g/mol. The number of aromatic nitrogens is 1. The number of ether oxygens (including phenoxy) is 1. The van der Waals surface area contributed by atoms with E-state index in [0.717, 1.165) is 0 Å². The highest BCUT2D eigenvalue weighted by atomic mass is 19.4. The number of hydrogen-bond acceptors (Lipinski definition) is 3. The number of halogens is 3. The van der Waals surface area contributed by atoms with E-state index >= 15 is 0 Å². The Balaban J connectivity index is 2.35. The molecule has 0 saturated carbocycles. The number of para-hydroxylation sites is 1. The summed E-state index contributed by atoms with van der Waals surface area (Å²) in [5.74, 6) is -2.62. The second-order valence-electron chi connectivity index (χ2n) is 4.55. The van der Waals surface area contributed by atoms with Gasteiger partial charge in [-0.1, -0.05) is 18.2 Å². The number of aromatic amines is 1. The van der Waals surface area contributed by atoms with Gasteiger partial charge in [0.25, 0.3) is 0 Å². The average molecular weight is 314 g/mol. The van der Waals surface area contributed by atoms with Crippen LogP contribution in [0.15, 0.2) is 24.3 Å². The summed E-state index contributed by atoms with van der Waals surface area (Å²) in [5.41, 5.74) is 0.999. The first-order chi connectivity index (χ1) is 10.3. The van der Waals surface area contributed by atoms with Gasteiger partial charge in [0.05, 0.1) is 7.11 Å². The summed E-state index contributed by atoms with van der Waals surface area (Å²) in [6, 6.07) is 6.79. The van der Waals surface area contributed by atoms with Crippen molar-refractivity contribution in [3.8, 4) is 0 Å². The lowest BCUT2D eigenvalue weighted by Crippen LogP contribution is -2.30. The first kappa shape index (κ1) is 15.9. The second-order valence-corrected chi connectivity index (χ2v) is 4.55. The van der Waals surface area contributed by atoms with E-state index < -0.39 is 18.1 Å². The minimum absolute atomic E-state index is 0.00671. The van der Waals surface area contributed by atoms with Crippen LogP contribution in [0.2, 0.25) is 0 Å². The molecule has 0 bridgehead atoms. The highest BCUT2D eigenvalue weighted by Gasteiger charge is 2.39. The predicted octanol–water partition coefficient (Wildman–Crippen LogP) is 2.77. The number of carbonyl (C=O) groups is 2. The van der Waals surface area contributed by atoms with E-state index in [9.17, 15) is 22.8 Å². The first-order valence-corrected chi connectivity index (χ1v) is 6.37. The lowest BCUT2D eigenvalue weighted by atomic mass is 10.1. The van der Waals surface area contributed by atoms with Crippen LogP contribution < -0.4 is 5.32 Å². The molecule has 0 atom stereocenters. The van der Waals surface area contributed by atoms with E-state index in [0.29, 0.717) is 16.5 Å². The zero-order valence-electron chi connectivity index (χ0n) is 11.6. The molecule has 1 heterocycles. The van der Waals surface area contributed by atoms with Crippen LogP contribution in [0.4, 0.5) is 19.0 Å². The third kappa shape index (κ3) is 3.38. The molecule has 5 nitrogen and oxygen atoms in total. The maximum Gasteiger partial charge on any atom is 0.471 e. The van der Waals surface area contributed by atoms with Crippen molar-refractivity contribution >= 4 is 28.6 Å². The number of aryl methyl sites for hydroxylation is 1. The molecule has 0 aliphatic heterocycles. The van der Waals surface area contributed by atoms with Crippen LogP contribution in [-0.2, 0) is 20.7 Å². The minimum Gasteiger partial charge on any atom is -0.469 e. The average Bonchev–Trinajstić information content (AvgIpc) is 2.81. The maximum atomic E-state index is 12.4. The summed E-state index contributed by atoms with van der Waals surface area (Å²) in [6.45, 7) is 0. The first-order valence-electron chi connectivity index (χ1n) is 6.37. The van der Waals surface area contributed by atoms with Gasteiger partial charge in [-0.15, -0.1) is 0 Å². The van der Waals surface area contributed by atoms with E-state index in [1.54, 1.807) is 24.3 Å². The van der Waals surface area contributed by atoms with Gasteiger partial charge in [0.1, 0.15) is 5.82 Å². The van der Waals surface area contributed by atoms with Gasteiger partial charge >= 0.3 is 18.1 Å². The number of esters is 1. The molecule has 0 fully saturated rings. The van der Waals surface area contributed by atoms with Crippen LogP contribution in [0, 0.1) is 0 Å². The topological polar surface area (TPSA) is 71.2 Å². The summed E-state index contributed by atoms with van der Waals surface area (Å²) in [4.78, 5) is 25.1. The fourth-order valence-corrected chi connectivity index (χ4v) is 2.08. The molecule has 1 aromatic carbocycles. The molecule has 22 heavy (non-hydrogen) atoms.